The van der Waals surface area contributed by atoms with Crippen molar-refractivity contribution >= 4 is 17.2 Å². The van der Waals surface area contributed by atoms with Crippen molar-refractivity contribution in [1.29, 1.82) is 0 Å². The van der Waals surface area contributed by atoms with Gasteiger partial charge in [-0.05, 0) is 69.3 Å². The molecule has 7 heteroatoms. The van der Waals surface area contributed by atoms with Gasteiger partial charge >= 0.3 is 0 Å². The van der Waals surface area contributed by atoms with Crippen molar-refractivity contribution in [2.45, 2.75) is 58.2 Å². The predicted octanol–water partition coefficient (Wildman–Crippen LogP) is 4.13. The lowest BCUT2D eigenvalue weighted by Gasteiger charge is -2.40. The van der Waals surface area contributed by atoms with E-state index in [1.807, 2.05) is 36.1 Å². The molecule has 0 unspecified atom stereocenters. The largest absolute Gasteiger partial charge is 0.493 e. The van der Waals surface area contributed by atoms with Gasteiger partial charge in [0.25, 0.3) is 0 Å². The lowest BCUT2D eigenvalue weighted by Crippen LogP contribution is -2.53. The first kappa shape index (κ1) is 24.6. The summed E-state index contributed by atoms with van der Waals surface area (Å²) < 4.78 is 11.6. The molecule has 3 rings (SSSR count). The maximum atomic E-state index is 13.5. The van der Waals surface area contributed by atoms with Gasteiger partial charge < -0.3 is 19.5 Å². The lowest BCUT2D eigenvalue weighted by atomic mass is 9.98. The molecule has 0 aliphatic carbocycles. The minimum Gasteiger partial charge on any atom is -0.493 e. The Morgan fingerprint density at radius 2 is 2.03 bits per heavy atom. The van der Waals surface area contributed by atoms with Crippen LogP contribution in [0.2, 0.25) is 0 Å². The number of benzene rings is 1. The van der Waals surface area contributed by atoms with Gasteiger partial charge in [0.1, 0.15) is 6.61 Å². The summed E-state index contributed by atoms with van der Waals surface area (Å²) in [6.45, 7) is 9.75. The molecule has 1 aromatic heterocycles. The number of amides is 1. The molecule has 0 saturated carbocycles. The summed E-state index contributed by atoms with van der Waals surface area (Å²) in [6.07, 6.45) is 1.78. The second-order valence-electron chi connectivity index (χ2n) is 8.91. The SMILES string of the molecule is CCCN(CC(=O)N1CCc2sccc2[C@@H]1COc1ccccc1OC)[C@H](C)C(C)(C)O. The van der Waals surface area contributed by atoms with E-state index < -0.39 is 5.60 Å². The van der Waals surface area contributed by atoms with Gasteiger partial charge in [0.15, 0.2) is 11.5 Å². The van der Waals surface area contributed by atoms with Crippen LogP contribution in [0.3, 0.4) is 0 Å². The predicted molar refractivity (Wildman–Crippen MR) is 129 cm³/mol. The maximum Gasteiger partial charge on any atom is 0.237 e. The summed E-state index contributed by atoms with van der Waals surface area (Å²) >= 11 is 1.74. The highest BCUT2D eigenvalue weighted by molar-refractivity contribution is 7.10. The molecule has 0 bridgehead atoms. The van der Waals surface area contributed by atoms with Crippen molar-refractivity contribution in [1.82, 2.24) is 9.80 Å². The highest BCUT2D eigenvalue weighted by Gasteiger charge is 2.35. The molecule has 2 atom stereocenters. The van der Waals surface area contributed by atoms with Crippen molar-refractivity contribution in [3.8, 4) is 11.5 Å². The molecule has 176 valence electrons. The monoisotopic (exact) mass is 460 g/mol. The van der Waals surface area contributed by atoms with E-state index in [0.29, 0.717) is 24.7 Å². The molecule has 1 aromatic carbocycles. The second-order valence-corrected chi connectivity index (χ2v) is 9.91. The molecule has 0 radical (unpaired) electrons. The maximum absolute atomic E-state index is 13.5. The Morgan fingerprint density at radius 3 is 2.69 bits per heavy atom. The van der Waals surface area contributed by atoms with Crippen LogP contribution in [0.5, 0.6) is 11.5 Å². The summed E-state index contributed by atoms with van der Waals surface area (Å²) in [6, 6.07) is 9.41. The van der Waals surface area contributed by atoms with Crippen LogP contribution < -0.4 is 9.47 Å². The average molecular weight is 461 g/mol. The lowest BCUT2D eigenvalue weighted by molar-refractivity contribution is -0.138. The Kier molecular flexibility index (Phi) is 8.20. The van der Waals surface area contributed by atoms with Gasteiger partial charge in [-0.25, -0.2) is 0 Å². The Labute approximate surface area is 195 Å². The fraction of sp³-hybridized carbons (Fsp3) is 0.560. The number of carbonyl (C=O) groups is 1. The van der Waals surface area contributed by atoms with E-state index in [0.717, 1.165) is 19.4 Å². The molecule has 0 fully saturated rings. The number of methoxy groups -OCH3 is 1. The van der Waals surface area contributed by atoms with Crippen molar-refractivity contribution < 1.29 is 19.4 Å². The van der Waals surface area contributed by atoms with E-state index in [1.54, 1.807) is 32.3 Å². The zero-order valence-electron chi connectivity index (χ0n) is 19.8. The van der Waals surface area contributed by atoms with Crippen LogP contribution in [-0.4, -0.2) is 65.8 Å². The number of thiophene rings is 1. The normalized spacial score (nSPS) is 17.2. The van der Waals surface area contributed by atoms with E-state index in [4.69, 9.17) is 9.47 Å². The van der Waals surface area contributed by atoms with Crippen molar-refractivity contribution in [3.63, 3.8) is 0 Å². The first-order valence-electron chi connectivity index (χ1n) is 11.3. The molecule has 2 heterocycles. The molecule has 1 amide bonds. The minimum absolute atomic E-state index is 0.0695. The first-order valence-corrected chi connectivity index (χ1v) is 12.2. The second kappa shape index (κ2) is 10.7. The van der Waals surface area contributed by atoms with Crippen LogP contribution in [0.1, 0.15) is 50.6 Å². The third-order valence-electron chi connectivity index (χ3n) is 6.30. The topological polar surface area (TPSA) is 62.2 Å². The third kappa shape index (κ3) is 5.63. The van der Waals surface area contributed by atoms with Crippen molar-refractivity contribution in [3.05, 3.63) is 46.2 Å². The van der Waals surface area contributed by atoms with E-state index >= 15 is 0 Å². The standard InChI is InChI=1S/C25H36N2O4S/c1-6-13-26(18(2)25(3,4)29)16-24(28)27-14-11-23-19(12-15-32-23)20(27)17-31-22-10-8-7-9-21(22)30-5/h7-10,12,15,18,20,29H,6,11,13-14,16-17H2,1-5H3/t18-,20+/m1/s1. The number of aliphatic hydroxyl groups is 1. The van der Waals surface area contributed by atoms with Crippen LogP contribution in [0.15, 0.2) is 35.7 Å². The van der Waals surface area contributed by atoms with E-state index in [1.165, 1.54) is 10.4 Å². The Morgan fingerprint density at radius 1 is 1.31 bits per heavy atom. The van der Waals surface area contributed by atoms with Crippen LogP contribution in [0.4, 0.5) is 0 Å². The van der Waals surface area contributed by atoms with Crippen LogP contribution >= 0.6 is 11.3 Å². The molecule has 32 heavy (non-hydrogen) atoms. The van der Waals surface area contributed by atoms with Gasteiger partial charge in [-0.3, -0.25) is 9.69 Å². The fourth-order valence-electron chi connectivity index (χ4n) is 4.19. The Hall–Kier alpha value is -2.09. The molecular weight excluding hydrogens is 424 g/mol. The number of rotatable bonds is 10. The zero-order valence-corrected chi connectivity index (χ0v) is 20.7. The molecule has 6 nitrogen and oxygen atoms in total. The highest BCUT2D eigenvalue weighted by atomic mass is 32.1. The van der Waals surface area contributed by atoms with Gasteiger partial charge in [-0.2, -0.15) is 0 Å². The van der Waals surface area contributed by atoms with Gasteiger partial charge in [-0.1, -0.05) is 19.1 Å². The van der Waals surface area contributed by atoms with Gasteiger partial charge in [0, 0.05) is 17.5 Å². The number of hydrogen-bond acceptors (Lipinski definition) is 6. The van der Waals surface area contributed by atoms with Gasteiger partial charge in [-0.15, -0.1) is 11.3 Å². The Balaban J connectivity index is 1.79. The number of para-hydroxylation sites is 2. The summed E-state index contributed by atoms with van der Waals surface area (Å²) in [5.74, 6) is 1.42. The van der Waals surface area contributed by atoms with E-state index in [9.17, 15) is 9.90 Å². The molecule has 0 saturated heterocycles. The van der Waals surface area contributed by atoms with Crippen molar-refractivity contribution in [2.75, 3.05) is 33.4 Å². The summed E-state index contributed by atoms with van der Waals surface area (Å²) in [5.41, 5.74) is 0.284. The van der Waals surface area contributed by atoms with Crippen LogP contribution in [0, 0.1) is 0 Å². The quantitative estimate of drug-likeness (QED) is 0.578. The van der Waals surface area contributed by atoms with Crippen LogP contribution in [0.25, 0.3) is 0 Å². The summed E-state index contributed by atoms with van der Waals surface area (Å²) in [7, 11) is 1.63. The summed E-state index contributed by atoms with van der Waals surface area (Å²) in [4.78, 5) is 18.9. The number of fused-ring (bicyclic) bond motifs is 1. The number of carbonyl (C=O) groups excluding carboxylic acids is 1. The zero-order chi connectivity index (χ0) is 23.3. The van der Waals surface area contributed by atoms with E-state index in [-0.39, 0.29) is 24.5 Å². The molecule has 2 aromatic rings. The van der Waals surface area contributed by atoms with Crippen LogP contribution in [-0.2, 0) is 11.2 Å². The van der Waals surface area contributed by atoms with E-state index in [2.05, 4.69) is 23.3 Å². The Bertz CT molecular complexity index is 892. The molecule has 0 spiro atoms. The minimum atomic E-state index is -0.885. The number of hydrogen-bond donors (Lipinski definition) is 1. The van der Waals surface area contributed by atoms with Gasteiger partial charge in [0.05, 0.1) is 25.3 Å². The fourth-order valence-corrected chi connectivity index (χ4v) is 5.12. The molecule has 1 N–H and O–H groups in total. The smallest absolute Gasteiger partial charge is 0.237 e. The molecular formula is C25H36N2O4S. The average Bonchev–Trinajstić information content (AvgIpc) is 3.25. The number of nitrogens with zero attached hydrogens (tertiary/aromatic N) is 2. The third-order valence-corrected chi connectivity index (χ3v) is 7.30. The molecule has 1 aliphatic rings. The van der Waals surface area contributed by atoms with Crippen molar-refractivity contribution in [2.24, 2.45) is 0 Å². The van der Waals surface area contributed by atoms with Gasteiger partial charge in [0.2, 0.25) is 5.91 Å². The molecule has 1 aliphatic heterocycles. The first-order chi connectivity index (χ1) is 15.3. The summed E-state index contributed by atoms with van der Waals surface area (Å²) in [5, 5.41) is 12.6. The number of ether oxygens (including phenoxy) is 2. The highest BCUT2D eigenvalue weighted by Crippen LogP contribution is 2.35.